The molecule has 0 saturated carbocycles. The number of hydrogen-bond acceptors (Lipinski definition) is 9. The van der Waals surface area contributed by atoms with E-state index in [9.17, 15) is 0 Å². The van der Waals surface area contributed by atoms with Crippen LogP contribution in [0.1, 0.15) is 5.56 Å². The van der Waals surface area contributed by atoms with Crippen LogP contribution in [0.25, 0.3) is 11.0 Å². The molecule has 0 bridgehead atoms. The van der Waals surface area contributed by atoms with Gasteiger partial charge in [0, 0.05) is 43.1 Å². The molecule has 188 valence electrons. The average molecular weight is 490 g/mol. The molecule has 2 N–H and O–H groups in total. The van der Waals surface area contributed by atoms with Gasteiger partial charge in [0.1, 0.15) is 0 Å². The van der Waals surface area contributed by atoms with Crippen LogP contribution in [0, 0.1) is 5.41 Å². The number of anilines is 3. The van der Waals surface area contributed by atoms with E-state index in [-0.39, 0.29) is 5.41 Å². The SMILES string of the molecule is CNCC1(Cn2cc(Nc3ncc4cnn(Cc5cccc(N6CCOCC6)c5)c4n3)cn2)COC1. The lowest BCUT2D eigenvalue weighted by Gasteiger charge is -2.41. The number of hydrogen-bond donors (Lipinski definition) is 2. The monoisotopic (exact) mass is 489 g/mol. The van der Waals surface area contributed by atoms with Gasteiger partial charge in [0.05, 0.1) is 63.0 Å². The number of nitrogens with zero attached hydrogens (tertiary/aromatic N) is 7. The van der Waals surface area contributed by atoms with Gasteiger partial charge in [0.25, 0.3) is 0 Å². The summed E-state index contributed by atoms with van der Waals surface area (Å²) in [6, 6.07) is 8.60. The van der Waals surface area contributed by atoms with Crippen molar-refractivity contribution in [1.29, 1.82) is 0 Å². The highest BCUT2D eigenvalue weighted by molar-refractivity contribution is 5.75. The Bertz CT molecular complexity index is 1320. The topological polar surface area (TPSA) is 107 Å². The first-order valence-electron chi connectivity index (χ1n) is 12.3. The van der Waals surface area contributed by atoms with Crippen LogP contribution in [0.2, 0.25) is 0 Å². The maximum absolute atomic E-state index is 5.49. The second kappa shape index (κ2) is 9.84. The standard InChI is InChI=1S/C25H31N9O2/c1-26-15-25(17-36-18-25)16-33-14-21(12-28-33)30-24-27-10-20-11-29-34(23(20)31-24)13-19-3-2-4-22(9-19)32-5-7-35-8-6-32/h2-4,9-12,14,26H,5-8,13,15-18H2,1H3,(H,27,30,31). The molecule has 0 amide bonds. The van der Waals surface area contributed by atoms with Gasteiger partial charge in [-0.1, -0.05) is 12.1 Å². The third-order valence-electron chi connectivity index (χ3n) is 6.75. The maximum atomic E-state index is 5.49. The molecule has 11 heteroatoms. The maximum Gasteiger partial charge on any atom is 0.229 e. The quantitative estimate of drug-likeness (QED) is 0.364. The number of nitrogens with one attached hydrogen (secondary N) is 2. The molecule has 0 aliphatic carbocycles. The lowest BCUT2D eigenvalue weighted by atomic mass is 9.86. The van der Waals surface area contributed by atoms with Gasteiger partial charge in [0.2, 0.25) is 5.95 Å². The van der Waals surface area contributed by atoms with Gasteiger partial charge in [-0.25, -0.2) is 9.67 Å². The van der Waals surface area contributed by atoms with Crippen LogP contribution in [-0.4, -0.2) is 82.6 Å². The Kier molecular flexibility index (Phi) is 6.26. The molecule has 2 saturated heterocycles. The van der Waals surface area contributed by atoms with Gasteiger partial charge < -0.3 is 25.0 Å². The van der Waals surface area contributed by atoms with Crippen molar-refractivity contribution in [2.75, 3.05) is 63.3 Å². The van der Waals surface area contributed by atoms with E-state index in [1.807, 2.05) is 28.8 Å². The second-order valence-corrected chi connectivity index (χ2v) is 9.62. The van der Waals surface area contributed by atoms with Crippen molar-refractivity contribution in [3.63, 3.8) is 0 Å². The Morgan fingerprint density at radius 3 is 2.75 bits per heavy atom. The number of rotatable bonds is 9. The summed E-state index contributed by atoms with van der Waals surface area (Å²) in [6.45, 7) is 7.18. The van der Waals surface area contributed by atoms with Crippen molar-refractivity contribution in [3.05, 3.63) is 54.6 Å². The lowest BCUT2D eigenvalue weighted by Crippen LogP contribution is -2.51. The minimum atomic E-state index is 0.0963. The molecule has 5 heterocycles. The van der Waals surface area contributed by atoms with Crippen LogP contribution < -0.4 is 15.5 Å². The lowest BCUT2D eigenvalue weighted by molar-refractivity contribution is -0.120. The molecule has 0 atom stereocenters. The molecule has 0 spiro atoms. The third kappa shape index (κ3) is 4.77. The molecule has 1 aromatic carbocycles. The summed E-state index contributed by atoms with van der Waals surface area (Å²) < 4.78 is 14.8. The van der Waals surface area contributed by atoms with Crippen molar-refractivity contribution in [1.82, 2.24) is 34.8 Å². The fraction of sp³-hybridized carbons (Fsp3) is 0.440. The van der Waals surface area contributed by atoms with Crippen LogP contribution >= 0.6 is 0 Å². The molecular weight excluding hydrogens is 458 g/mol. The fourth-order valence-electron chi connectivity index (χ4n) is 4.89. The van der Waals surface area contributed by atoms with Crippen LogP contribution in [0.15, 0.2) is 49.1 Å². The molecule has 4 aromatic rings. The van der Waals surface area contributed by atoms with E-state index >= 15 is 0 Å². The van der Waals surface area contributed by atoms with Gasteiger partial charge in [-0.05, 0) is 24.7 Å². The summed E-state index contributed by atoms with van der Waals surface area (Å²) in [5, 5.41) is 16.6. The van der Waals surface area contributed by atoms with E-state index in [0.717, 1.165) is 69.3 Å². The largest absolute Gasteiger partial charge is 0.380 e. The van der Waals surface area contributed by atoms with E-state index in [4.69, 9.17) is 14.5 Å². The first-order valence-corrected chi connectivity index (χ1v) is 12.3. The smallest absolute Gasteiger partial charge is 0.229 e. The first-order chi connectivity index (χ1) is 17.7. The number of morpholine rings is 1. The van der Waals surface area contributed by atoms with Crippen LogP contribution in [0.3, 0.4) is 0 Å². The Morgan fingerprint density at radius 1 is 1.06 bits per heavy atom. The molecule has 6 rings (SSSR count). The van der Waals surface area contributed by atoms with Crippen LogP contribution in [-0.2, 0) is 22.6 Å². The van der Waals surface area contributed by atoms with E-state index in [1.165, 1.54) is 11.3 Å². The molecule has 36 heavy (non-hydrogen) atoms. The van der Waals surface area contributed by atoms with Gasteiger partial charge in [0.15, 0.2) is 5.65 Å². The highest BCUT2D eigenvalue weighted by atomic mass is 16.5. The molecule has 0 unspecified atom stereocenters. The van der Waals surface area contributed by atoms with Crippen molar-refractivity contribution in [2.24, 2.45) is 5.41 Å². The number of aromatic nitrogens is 6. The van der Waals surface area contributed by atoms with Crippen LogP contribution in [0.5, 0.6) is 0 Å². The molecule has 11 nitrogen and oxygen atoms in total. The van der Waals surface area contributed by atoms with E-state index in [0.29, 0.717) is 12.5 Å². The summed E-state index contributed by atoms with van der Waals surface area (Å²) in [6.07, 6.45) is 7.40. The fourth-order valence-corrected chi connectivity index (χ4v) is 4.89. The Morgan fingerprint density at radius 2 is 1.94 bits per heavy atom. The number of benzene rings is 1. The minimum absolute atomic E-state index is 0.0963. The summed E-state index contributed by atoms with van der Waals surface area (Å²) in [5.41, 5.74) is 4.12. The molecule has 2 aliphatic rings. The van der Waals surface area contributed by atoms with Gasteiger partial charge in [-0.2, -0.15) is 15.2 Å². The molecule has 2 aliphatic heterocycles. The first kappa shape index (κ1) is 22.9. The zero-order valence-corrected chi connectivity index (χ0v) is 20.4. The Hall–Kier alpha value is -3.54. The van der Waals surface area contributed by atoms with Crippen molar-refractivity contribution >= 4 is 28.4 Å². The summed E-state index contributed by atoms with van der Waals surface area (Å²) >= 11 is 0. The molecule has 0 radical (unpaired) electrons. The molecule has 3 aromatic heterocycles. The zero-order chi connectivity index (χ0) is 24.4. The van der Waals surface area contributed by atoms with Crippen LogP contribution in [0.4, 0.5) is 17.3 Å². The second-order valence-electron chi connectivity index (χ2n) is 9.62. The Labute approximate surface area is 209 Å². The highest BCUT2D eigenvalue weighted by Crippen LogP contribution is 2.29. The average Bonchev–Trinajstić information content (AvgIpc) is 3.50. The molecule has 2 fully saturated rings. The van der Waals surface area contributed by atoms with Gasteiger partial charge in [-0.15, -0.1) is 0 Å². The number of fused-ring (bicyclic) bond motifs is 1. The zero-order valence-electron chi connectivity index (χ0n) is 20.4. The molecular formula is C25H31N9O2. The van der Waals surface area contributed by atoms with Crippen molar-refractivity contribution < 1.29 is 9.47 Å². The number of ether oxygens (including phenoxy) is 2. The normalized spacial score (nSPS) is 17.3. The predicted octanol–water partition coefficient (Wildman–Crippen LogP) is 1.89. The van der Waals surface area contributed by atoms with Crippen molar-refractivity contribution in [3.8, 4) is 0 Å². The van der Waals surface area contributed by atoms with Gasteiger partial charge >= 0.3 is 0 Å². The third-order valence-corrected chi connectivity index (χ3v) is 6.75. The highest BCUT2D eigenvalue weighted by Gasteiger charge is 2.38. The summed E-state index contributed by atoms with van der Waals surface area (Å²) in [4.78, 5) is 11.6. The predicted molar refractivity (Wildman–Crippen MR) is 137 cm³/mol. The summed E-state index contributed by atoms with van der Waals surface area (Å²) in [7, 11) is 1.97. The van der Waals surface area contributed by atoms with Gasteiger partial charge in [-0.3, -0.25) is 4.68 Å². The summed E-state index contributed by atoms with van der Waals surface area (Å²) in [5.74, 6) is 0.516. The van der Waals surface area contributed by atoms with Crippen molar-refractivity contribution in [2.45, 2.75) is 13.1 Å². The van der Waals surface area contributed by atoms with E-state index in [1.54, 1.807) is 12.4 Å². The Balaban J connectivity index is 1.17. The van der Waals surface area contributed by atoms with E-state index < -0.39 is 0 Å². The minimum Gasteiger partial charge on any atom is -0.380 e. The van der Waals surface area contributed by atoms with E-state index in [2.05, 4.69) is 55.0 Å².